The fourth-order valence-electron chi connectivity index (χ4n) is 2.26. The number of halogens is 1. The summed E-state index contributed by atoms with van der Waals surface area (Å²) < 4.78 is 50.7. The van der Waals surface area contributed by atoms with E-state index in [1.807, 2.05) is 0 Å². The average Bonchev–Trinajstić information content (AvgIpc) is 2.98. The molecule has 6 nitrogen and oxygen atoms in total. The molecule has 0 saturated carbocycles. The molecule has 0 aliphatic carbocycles. The predicted molar refractivity (Wildman–Crippen MR) is 75.7 cm³/mol. The molecule has 1 aliphatic rings. The minimum absolute atomic E-state index is 0.0861. The normalized spacial score (nSPS) is 18.7. The average molecular weight is 318 g/mol. The molecule has 1 aromatic rings. The third kappa shape index (κ3) is 3.63. The van der Waals surface area contributed by atoms with Crippen LogP contribution in [0.15, 0.2) is 17.0 Å². The van der Waals surface area contributed by atoms with Crippen LogP contribution < -0.4 is 19.5 Å². The molecule has 1 heterocycles. The number of methoxy groups -OCH3 is 2. The van der Waals surface area contributed by atoms with Crippen LogP contribution in [0.2, 0.25) is 0 Å². The molecule has 0 amide bonds. The molecule has 1 atom stereocenters. The molecule has 0 spiro atoms. The van der Waals surface area contributed by atoms with Gasteiger partial charge in [-0.15, -0.1) is 0 Å². The summed E-state index contributed by atoms with van der Waals surface area (Å²) in [5.74, 6) is -0.566. The summed E-state index contributed by atoms with van der Waals surface area (Å²) in [6.07, 6.45) is 1.91. The molecule has 2 rings (SSSR count). The lowest BCUT2D eigenvalue weighted by Gasteiger charge is -2.14. The fourth-order valence-corrected chi connectivity index (χ4v) is 3.41. The minimum Gasteiger partial charge on any atom is -0.493 e. The van der Waals surface area contributed by atoms with Gasteiger partial charge in [0.1, 0.15) is 10.7 Å². The van der Waals surface area contributed by atoms with Crippen LogP contribution in [0, 0.1) is 5.82 Å². The summed E-state index contributed by atoms with van der Waals surface area (Å²) >= 11 is 0. The summed E-state index contributed by atoms with van der Waals surface area (Å²) in [5.41, 5.74) is 0. The Morgan fingerprint density at radius 1 is 1.33 bits per heavy atom. The Labute approximate surface area is 123 Å². The van der Waals surface area contributed by atoms with E-state index in [1.165, 1.54) is 14.2 Å². The maximum atomic E-state index is 14.0. The SMILES string of the molecule is COc1cc(F)c(S(=O)(=O)NC[C@@H]2CCCN2)cc1OC. The summed E-state index contributed by atoms with van der Waals surface area (Å²) in [7, 11) is -1.22. The molecule has 0 unspecified atom stereocenters. The summed E-state index contributed by atoms with van der Waals surface area (Å²) in [4.78, 5) is -0.446. The van der Waals surface area contributed by atoms with Gasteiger partial charge in [0.05, 0.1) is 14.2 Å². The van der Waals surface area contributed by atoms with Gasteiger partial charge in [-0.2, -0.15) is 0 Å². The van der Waals surface area contributed by atoms with E-state index in [2.05, 4.69) is 10.0 Å². The zero-order valence-electron chi connectivity index (χ0n) is 12.0. The Balaban J connectivity index is 2.22. The van der Waals surface area contributed by atoms with Gasteiger partial charge >= 0.3 is 0 Å². The standard InChI is InChI=1S/C13H19FN2O4S/c1-19-11-6-10(14)13(7-12(11)20-2)21(17,18)16-8-9-4-3-5-15-9/h6-7,9,15-16H,3-5,8H2,1-2H3/t9-/m0/s1. The molecule has 0 aromatic heterocycles. The Kier molecular flexibility index (Phi) is 5.02. The maximum Gasteiger partial charge on any atom is 0.243 e. The molecule has 1 fully saturated rings. The first-order chi connectivity index (χ1) is 9.97. The van der Waals surface area contributed by atoms with Crippen molar-refractivity contribution in [2.24, 2.45) is 0 Å². The topological polar surface area (TPSA) is 76.7 Å². The highest BCUT2D eigenvalue weighted by Gasteiger charge is 2.24. The minimum atomic E-state index is -3.94. The van der Waals surface area contributed by atoms with E-state index in [4.69, 9.17) is 9.47 Å². The van der Waals surface area contributed by atoms with Gasteiger partial charge in [0.25, 0.3) is 0 Å². The number of sulfonamides is 1. The second-order valence-corrected chi connectivity index (χ2v) is 6.52. The Hall–Kier alpha value is -1.38. The molecular formula is C13H19FN2O4S. The van der Waals surface area contributed by atoms with Gasteiger partial charge in [-0.05, 0) is 19.4 Å². The molecule has 8 heteroatoms. The second kappa shape index (κ2) is 6.59. The van der Waals surface area contributed by atoms with Crippen molar-refractivity contribution in [3.63, 3.8) is 0 Å². The number of nitrogens with one attached hydrogen (secondary N) is 2. The quantitative estimate of drug-likeness (QED) is 0.814. The second-order valence-electron chi connectivity index (χ2n) is 4.78. The molecular weight excluding hydrogens is 299 g/mol. The van der Waals surface area contributed by atoms with Crippen molar-refractivity contribution in [3.8, 4) is 11.5 Å². The van der Waals surface area contributed by atoms with Crippen LogP contribution in [0.4, 0.5) is 4.39 Å². The van der Waals surface area contributed by atoms with Gasteiger partial charge in [-0.3, -0.25) is 0 Å². The molecule has 1 saturated heterocycles. The van der Waals surface area contributed by atoms with Crippen LogP contribution in [-0.2, 0) is 10.0 Å². The van der Waals surface area contributed by atoms with E-state index < -0.39 is 20.7 Å². The van der Waals surface area contributed by atoms with E-state index in [-0.39, 0.29) is 24.1 Å². The highest BCUT2D eigenvalue weighted by Crippen LogP contribution is 2.31. The molecule has 0 bridgehead atoms. The van der Waals surface area contributed by atoms with Gasteiger partial charge in [0.15, 0.2) is 11.5 Å². The first-order valence-corrected chi connectivity index (χ1v) is 8.11. The van der Waals surface area contributed by atoms with Crippen molar-refractivity contribution in [3.05, 3.63) is 17.9 Å². The van der Waals surface area contributed by atoms with Crippen LogP contribution in [0.3, 0.4) is 0 Å². The summed E-state index contributed by atoms with van der Waals surface area (Å²) in [6.45, 7) is 1.10. The number of hydrogen-bond acceptors (Lipinski definition) is 5. The van der Waals surface area contributed by atoms with E-state index >= 15 is 0 Å². The number of benzene rings is 1. The van der Waals surface area contributed by atoms with E-state index in [0.29, 0.717) is 0 Å². The fraction of sp³-hybridized carbons (Fsp3) is 0.538. The third-order valence-electron chi connectivity index (χ3n) is 3.41. The van der Waals surface area contributed by atoms with Crippen LogP contribution in [0.1, 0.15) is 12.8 Å². The lowest BCUT2D eigenvalue weighted by atomic mass is 10.2. The highest BCUT2D eigenvalue weighted by molar-refractivity contribution is 7.89. The predicted octanol–water partition coefficient (Wildman–Crippen LogP) is 0.873. The Morgan fingerprint density at radius 2 is 2.00 bits per heavy atom. The van der Waals surface area contributed by atoms with Crippen LogP contribution >= 0.6 is 0 Å². The van der Waals surface area contributed by atoms with E-state index in [9.17, 15) is 12.8 Å². The van der Waals surface area contributed by atoms with Gasteiger partial charge in [0.2, 0.25) is 10.0 Å². The molecule has 1 aliphatic heterocycles. The van der Waals surface area contributed by atoms with Crippen molar-refractivity contribution < 1.29 is 22.3 Å². The summed E-state index contributed by atoms with van der Waals surface area (Å²) in [6, 6.07) is 2.21. The zero-order valence-corrected chi connectivity index (χ0v) is 12.8. The number of ether oxygens (including phenoxy) is 2. The van der Waals surface area contributed by atoms with Gasteiger partial charge in [-0.25, -0.2) is 17.5 Å². The molecule has 118 valence electrons. The first-order valence-electron chi connectivity index (χ1n) is 6.62. The van der Waals surface area contributed by atoms with Crippen LogP contribution in [-0.4, -0.2) is 41.8 Å². The monoisotopic (exact) mass is 318 g/mol. The van der Waals surface area contributed by atoms with Gasteiger partial charge in [0, 0.05) is 24.7 Å². The van der Waals surface area contributed by atoms with Crippen LogP contribution in [0.5, 0.6) is 11.5 Å². The van der Waals surface area contributed by atoms with Crippen molar-refractivity contribution >= 4 is 10.0 Å². The van der Waals surface area contributed by atoms with Crippen molar-refractivity contribution in [2.45, 2.75) is 23.8 Å². The van der Waals surface area contributed by atoms with Crippen LogP contribution in [0.25, 0.3) is 0 Å². The smallest absolute Gasteiger partial charge is 0.243 e. The van der Waals surface area contributed by atoms with Gasteiger partial charge in [-0.1, -0.05) is 0 Å². The molecule has 2 N–H and O–H groups in total. The largest absolute Gasteiger partial charge is 0.493 e. The number of hydrogen-bond donors (Lipinski definition) is 2. The Bertz CT molecular complexity index is 600. The van der Waals surface area contributed by atoms with E-state index in [1.54, 1.807) is 0 Å². The lowest BCUT2D eigenvalue weighted by Crippen LogP contribution is -2.37. The third-order valence-corrected chi connectivity index (χ3v) is 4.85. The highest BCUT2D eigenvalue weighted by atomic mass is 32.2. The summed E-state index contributed by atoms with van der Waals surface area (Å²) in [5, 5.41) is 3.17. The van der Waals surface area contributed by atoms with Gasteiger partial charge < -0.3 is 14.8 Å². The first kappa shape index (κ1) is 16.0. The van der Waals surface area contributed by atoms with Crippen molar-refractivity contribution in [2.75, 3.05) is 27.3 Å². The lowest BCUT2D eigenvalue weighted by molar-refractivity contribution is 0.350. The van der Waals surface area contributed by atoms with Crippen molar-refractivity contribution in [1.29, 1.82) is 0 Å². The molecule has 21 heavy (non-hydrogen) atoms. The molecule has 0 radical (unpaired) electrons. The van der Waals surface area contributed by atoms with Crippen molar-refractivity contribution in [1.82, 2.24) is 10.0 Å². The number of rotatable bonds is 6. The Morgan fingerprint density at radius 3 is 2.57 bits per heavy atom. The maximum absolute atomic E-state index is 14.0. The zero-order chi connectivity index (χ0) is 15.5. The van der Waals surface area contributed by atoms with E-state index in [0.717, 1.165) is 31.5 Å². The molecule has 1 aromatic carbocycles.